The minimum absolute atomic E-state index is 0.126. The molecule has 0 bridgehead atoms. The first-order valence-electron chi connectivity index (χ1n) is 11.6. The second-order valence-electron chi connectivity index (χ2n) is 8.90. The van der Waals surface area contributed by atoms with Gasteiger partial charge in [-0.15, -0.1) is 0 Å². The zero-order chi connectivity index (χ0) is 21.5. The van der Waals surface area contributed by atoms with Gasteiger partial charge in [-0.1, -0.05) is 60.7 Å². The Hall–Kier alpha value is -1.76. The highest BCUT2D eigenvalue weighted by Gasteiger charge is 2.41. The van der Waals surface area contributed by atoms with E-state index in [2.05, 4.69) is 4.90 Å². The maximum absolute atomic E-state index is 12.0. The van der Waals surface area contributed by atoms with E-state index in [1.165, 1.54) is 0 Å². The Kier molecular flexibility index (Phi) is 7.75. The first-order valence-corrected chi connectivity index (χ1v) is 11.6. The normalized spacial score (nSPS) is 21.9. The van der Waals surface area contributed by atoms with Crippen molar-refractivity contribution in [3.05, 3.63) is 71.8 Å². The molecule has 2 saturated heterocycles. The average molecular weight is 426 g/mol. The first-order chi connectivity index (χ1) is 15.2. The number of nitrogens with zero attached hydrogens (tertiary/aromatic N) is 1. The summed E-state index contributed by atoms with van der Waals surface area (Å²) in [6.45, 7) is 4.06. The number of piperidine rings is 1. The third-order valence-corrected chi connectivity index (χ3v) is 6.71. The molecular weight excluding hydrogens is 390 g/mol. The van der Waals surface area contributed by atoms with Crippen LogP contribution in [-0.4, -0.2) is 66.8 Å². The number of β-amino-alcohol motifs (C(OH)–C–C–N with tert-alkyl or cyclic N) is 1. The number of rotatable bonds is 9. The second-order valence-corrected chi connectivity index (χ2v) is 8.90. The zero-order valence-corrected chi connectivity index (χ0v) is 18.2. The lowest BCUT2D eigenvalue weighted by molar-refractivity contribution is -0.0396. The predicted octanol–water partition coefficient (Wildman–Crippen LogP) is 3.19. The van der Waals surface area contributed by atoms with Crippen molar-refractivity contribution in [3.8, 4) is 0 Å². The zero-order valence-electron chi connectivity index (χ0n) is 18.2. The fourth-order valence-corrected chi connectivity index (χ4v) is 5.02. The van der Waals surface area contributed by atoms with E-state index >= 15 is 0 Å². The van der Waals surface area contributed by atoms with Gasteiger partial charge in [0.25, 0.3) is 0 Å². The summed E-state index contributed by atoms with van der Waals surface area (Å²) in [5, 5.41) is 22.4. The topological polar surface area (TPSA) is 62.2 Å². The summed E-state index contributed by atoms with van der Waals surface area (Å²) in [6, 6.07) is 20.0. The van der Waals surface area contributed by atoms with Crippen LogP contribution in [0.5, 0.6) is 0 Å². The molecule has 5 heteroatoms. The van der Waals surface area contributed by atoms with Gasteiger partial charge in [0.1, 0.15) is 5.60 Å². The third kappa shape index (κ3) is 5.54. The molecule has 0 spiro atoms. The molecule has 4 rings (SSSR count). The van der Waals surface area contributed by atoms with Crippen molar-refractivity contribution in [2.24, 2.45) is 5.92 Å². The number of aliphatic hydroxyl groups excluding tert-OH is 1. The van der Waals surface area contributed by atoms with E-state index in [1.807, 2.05) is 60.7 Å². The molecule has 2 aliphatic rings. The van der Waals surface area contributed by atoms with Gasteiger partial charge in [-0.05, 0) is 55.8 Å². The highest BCUT2D eigenvalue weighted by Crippen LogP contribution is 2.41. The van der Waals surface area contributed by atoms with Gasteiger partial charge in [0.05, 0.1) is 25.4 Å². The minimum Gasteiger partial charge on any atom is -0.389 e. The highest BCUT2D eigenvalue weighted by molar-refractivity contribution is 5.37. The summed E-state index contributed by atoms with van der Waals surface area (Å²) in [7, 11) is 0. The van der Waals surface area contributed by atoms with Crippen molar-refractivity contribution in [3.63, 3.8) is 0 Å². The SMILES string of the molecule is O[C@H](COC[C@H]1CCCO1)CN1CCC(C(O)(c2ccccc2)c2ccccc2)CC1. The molecule has 0 saturated carbocycles. The first kappa shape index (κ1) is 22.4. The van der Waals surface area contributed by atoms with Gasteiger partial charge in [0.15, 0.2) is 0 Å². The van der Waals surface area contributed by atoms with Gasteiger partial charge in [-0.2, -0.15) is 0 Å². The van der Waals surface area contributed by atoms with Crippen LogP contribution in [0.1, 0.15) is 36.8 Å². The molecule has 2 aromatic rings. The van der Waals surface area contributed by atoms with Crippen LogP contribution in [0, 0.1) is 5.92 Å². The summed E-state index contributed by atoms with van der Waals surface area (Å²) in [5.41, 5.74) is 0.891. The summed E-state index contributed by atoms with van der Waals surface area (Å²) in [5.74, 6) is 0.126. The van der Waals surface area contributed by atoms with Crippen LogP contribution in [0.15, 0.2) is 60.7 Å². The van der Waals surface area contributed by atoms with E-state index < -0.39 is 11.7 Å². The van der Waals surface area contributed by atoms with Crippen LogP contribution in [0.25, 0.3) is 0 Å². The van der Waals surface area contributed by atoms with Gasteiger partial charge < -0.3 is 24.6 Å². The maximum atomic E-state index is 12.0. The van der Waals surface area contributed by atoms with Crippen molar-refractivity contribution >= 4 is 0 Å². The minimum atomic E-state index is -1.00. The fourth-order valence-electron chi connectivity index (χ4n) is 5.02. The molecule has 0 amide bonds. The Morgan fingerprint density at radius 3 is 2.13 bits per heavy atom. The second kappa shape index (κ2) is 10.7. The molecular formula is C26H35NO4. The van der Waals surface area contributed by atoms with E-state index in [9.17, 15) is 10.2 Å². The lowest BCUT2D eigenvalue weighted by atomic mass is 9.72. The van der Waals surface area contributed by atoms with Gasteiger partial charge in [0, 0.05) is 13.2 Å². The number of hydrogen-bond donors (Lipinski definition) is 2. The Morgan fingerprint density at radius 1 is 0.968 bits per heavy atom. The third-order valence-electron chi connectivity index (χ3n) is 6.71. The lowest BCUT2D eigenvalue weighted by Crippen LogP contribution is -2.46. The van der Waals surface area contributed by atoms with Crippen LogP contribution >= 0.6 is 0 Å². The Labute approximate surface area is 185 Å². The summed E-state index contributed by atoms with van der Waals surface area (Å²) >= 11 is 0. The number of aliphatic hydroxyl groups is 2. The quantitative estimate of drug-likeness (QED) is 0.646. The Bertz CT molecular complexity index is 731. The smallest absolute Gasteiger partial charge is 0.117 e. The molecule has 2 fully saturated rings. The van der Waals surface area contributed by atoms with Crippen LogP contribution < -0.4 is 0 Å². The number of benzene rings is 2. The standard InChI is InChI=1S/C26H35NO4/c28-24(19-30-20-25-12-7-17-31-25)18-27-15-13-23(14-16-27)26(29,21-8-3-1-4-9-21)22-10-5-2-6-11-22/h1-6,8-11,23-25,28-29H,7,12-20H2/t24-,25+/m0/s1. The summed E-state index contributed by atoms with van der Waals surface area (Å²) < 4.78 is 11.2. The van der Waals surface area contributed by atoms with Crippen LogP contribution in [0.2, 0.25) is 0 Å². The van der Waals surface area contributed by atoms with Gasteiger partial charge >= 0.3 is 0 Å². The van der Waals surface area contributed by atoms with Gasteiger partial charge in [-0.3, -0.25) is 0 Å². The lowest BCUT2D eigenvalue weighted by Gasteiger charge is -2.42. The fraction of sp³-hybridized carbons (Fsp3) is 0.538. The Morgan fingerprint density at radius 2 is 1.58 bits per heavy atom. The largest absolute Gasteiger partial charge is 0.389 e. The van der Waals surface area contributed by atoms with Crippen LogP contribution in [-0.2, 0) is 15.1 Å². The van der Waals surface area contributed by atoms with E-state index in [-0.39, 0.29) is 12.0 Å². The maximum Gasteiger partial charge on any atom is 0.117 e. The molecule has 2 aliphatic heterocycles. The van der Waals surface area contributed by atoms with Crippen molar-refractivity contribution < 1.29 is 19.7 Å². The molecule has 2 heterocycles. The van der Waals surface area contributed by atoms with E-state index in [0.29, 0.717) is 19.8 Å². The molecule has 5 nitrogen and oxygen atoms in total. The van der Waals surface area contributed by atoms with E-state index in [4.69, 9.17) is 9.47 Å². The summed E-state index contributed by atoms with van der Waals surface area (Å²) in [6.07, 6.45) is 3.60. The van der Waals surface area contributed by atoms with Gasteiger partial charge in [-0.25, -0.2) is 0 Å². The van der Waals surface area contributed by atoms with Crippen LogP contribution in [0.4, 0.5) is 0 Å². The van der Waals surface area contributed by atoms with Gasteiger partial charge in [0.2, 0.25) is 0 Å². The molecule has 0 aliphatic carbocycles. The molecule has 31 heavy (non-hydrogen) atoms. The highest BCUT2D eigenvalue weighted by atomic mass is 16.5. The average Bonchev–Trinajstić information content (AvgIpc) is 3.34. The van der Waals surface area contributed by atoms with E-state index in [0.717, 1.165) is 56.5 Å². The number of hydrogen-bond acceptors (Lipinski definition) is 5. The molecule has 0 radical (unpaired) electrons. The van der Waals surface area contributed by atoms with Crippen molar-refractivity contribution in [2.75, 3.05) is 39.5 Å². The van der Waals surface area contributed by atoms with Crippen molar-refractivity contribution in [1.82, 2.24) is 4.90 Å². The Balaban J connectivity index is 1.33. The molecule has 0 aromatic heterocycles. The predicted molar refractivity (Wildman–Crippen MR) is 121 cm³/mol. The molecule has 0 unspecified atom stereocenters. The summed E-state index contributed by atoms with van der Waals surface area (Å²) in [4.78, 5) is 2.28. The van der Waals surface area contributed by atoms with Crippen molar-refractivity contribution in [2.45, 2.75) is 43.5 Å². The van der Waals surface area contributed by atoms with Crippen LogP contribution in [0.3, 0.4) is 0 Å². The number of ether oxygens (including phenoxy) is 2. The molecule has 2 aromatic carbocycles. The molecule has 2 atom stereocenters. The molecule has 168 valence electrons. The molecule has 2 N–H and O–H groups in total. The number of likely N-dealkylation sites (tertiary alicyclic amines) is 1. The van der Waals surface area contributed by atoms with Crippen molar-refractivity contribution in [1.29, 1.82) is 0 Å². The van der Waals surface area contributed by atoms with E-state index in [1.54, 1.807) is 0 Å². The monoisotopic (exact) mass is 425 g/mol.